The van der Waals surface area contributed by atoms with Gasteiger partial charge in [-0.25, -0.2) is 0 Å². The third kappa shape index (κ3) is 3.18. The molecule has 7 atom stereocenters. The van der Waals surface area contributed by atoms with Gasteiger partial charge in [0.25, 0.3) is 0 Å². The highest BCUT2D eigenvalue weighted by molar-refractivity contribution is 5.67. The first-order chi connectivity index (χ1) is 13.7. The second-order valence-corrected chi connectivity index (χ2v) is 10.2. The summed E-state index contributed by atoms with van der Waals surface area (Å²) in [5, 5.41) is 0. The minimum atomic E-state index is -0.257. The first-order valence-electron chi connectivity index (χ1n) is 11.4. The van der Waals surface area contributed by atoms with Gasteiger partial charge in [0.1, 0.15) is 12.2 Å². The highest BCUT2D eigenvalue weighted by atomic mass is 16.6. The zero-order valence-electron chi connectivity index (χ0n) is 18.6. The van der Waals surface area contributed by atoms with E-state index in [1.807, 2.05) is 0 Å². The normalized spacial score (nSPS) is 44.9. The number of carbonyl (C=O) groups excluding carboxylic acids is 2. The van der Waals surface area contributed by atoms with Crippen LogP contribution in [0.5, 0.6) is 0 Å². The number of hydrogen-bond acceptors (Lipinski definition) is 4. The molecule has 0 spiro atoms. The Morgan fingerprint density at radius 1 is 1.10 bits per heavy atom. The van der Waals surface area contributed by atoms with Gasteiger partial charge in [-0.1, -0.05) is 37.1 Å². The Hall–Kier alpha value is -1.58. The Labute approximate surface area is 175 Å². The van der Waals surface area contributed by atoms with E-state index in [-0.39, 0.29) is 29.6 Å². The molecule has 3 fully saturated rings. The van der Waals surface area contributed by atoms with Crippen molar-refractivity contribution in [2.45, 2.75) is 91.8 Å². The molecule has 0 heterocycles. The van der Waals surface area contributed by atoms with E-state index in [0.717, 1.165) is 12.8 Å². The smallest absolute Gasteiger partial charge is 0.302 e. The first-order valence-corrected chi connectivity index (χ1v) is 11.4. The molecule has 0 unspecified atom stereocenters. The van der Waals surface area contributed by atoms with Gasteiger partial charge in [-0.15, -0.1) is 0 Å². The molecule has 0 saturated heterocycles. The Balaban J connectivity index is 1.69. The van der Waals surface area contributed by atoms with Crippen LogP contribution in [0.3, 0.4) is 0 Å². The van der Waals surface area contributed by atoms with Gasteiger partial charge >= 0.3 is 11.9 Å². The molecule has 0 aromatic carbocycles. The van der Waals surface area contributed by atoms with Crippen LogP contribution in [-0.4, -0.2) is 24.1 Å². The fourth-order valence-corrected chi connectivity index (χ4v) is 7.68. The molecule has 0 radical (unpaired) electrons. The van der Waals surface area contributed by atoms with Crippen molar-refractivity contribution in [3.63, 3.8) is 0 Å². The maximum atomic E-state index is 12.0. The predicted molar refractivity (Wildman–Crippen MR) is 112 cm³/mol. The van der Waals surface area contributed by atoms with Crippen molar-refractivity contribution in [3.05, 3.63) is 23.3 Å². The number of ether oxygens (including phenoxy) is 2. The number of hydrogen-bond donors (Lipinski definition) is 0. The average Bonchev–Trinajstić information content (AvgIpc) is 2.98. The Morgan fingerprint density at radius 3 is 2.48 bits per heavy atom. The topological polar surface area (TPSA) is 52.6 Å². The molecule has 0 aromatic heterocycles. The van der Waals surface area contributed by atoms with E-state index in [1.54, 1.807) is 5.57 Å². The van der Waals surface area contributed by atoms with Gasteiger partial charge in [0.15, 0.2) is 0 Å². The van der Waals surface area contributed by atoms with Crippen molar-refractivity contribution < 1.29 is 19.1 Å². The van der Waals surface area contributed by atoms with E-state index in [0.29, 0.717) is 29.6 Å². The molecule has 0 aliphatic heterocycles. The highest BCUT2D eigenvalue weighted by Crippen LogP contribution is 2.66. The van der Waals surface area contributed by atoms with Gasteiger partial charge in [-0.2, -0.15) is 0 Å². The lowest BCUT2D eigenvalue weighted by Gasteiger charge is -2.59. The fraction of sp³-hybridized carbons (Fsp3) is 0.760. The molecule has 0 bridgehead atoms. The third-order valence-corrected chi connectivity index (χ3v) is 8.97. The first kappa shape index (κ1) is 20.7. The molecule has 0 N–H and O–H groups in total. The largest absolute Gasteiger partial charge is 0.462 e. The average molecular weight is 401 g/mol. The van der Waals surface area contributed by atoms with Gasteiger partial charge in [0, 0.05) is 32.1 Å². The van der Waals surface area contributed by atoms with Crippen molar-refractivity contribution in [1.29, 1.82) is 0 Å². The molecule has 4 aliphatic rings. The highest BCUT2D eigenvalue weighted by Gasteiger charge is 2.60. The summed E-state index contributed by atoms with van der Waals surface area (Å²) in [5.41, 5.74) is 3.18. The van der Waals surface area contributed by atoms with Crippen molar-refractivity contribution in [1.82, 2.24) is 0 Å². The molecule has 0 aromatic rings. The second kappa shape index (κ2) is 7.28. The van der Waals surface area contributed by atoms with Gasteiger partial charge in [-0.05, 0) is 62.2 Å². The lowest BCUT2D eigenvalue weighted by Crippen LogP contribution is -2.56. The third-order valence-electron chi connectivity index (χ3n) is 8.97. The van der Waals surface area contributed by atoms with Gasteiger partial charge in [0.05, 0.1) is 0 Å². The van der Waals surface area contributed by atoms with Crippen molar-refractivity contribution in [3.8, 4) is 0 Å². The Kier molecular flexibility index (Phi) is 5.19. The number of carbonyl (C=O) groups is 2. The molecule has 160 valence electrons. The van der Waals surface area contributed by atoms with E-state index in [2.05, 4.69) is 32.9 Å². The lowest BCUT2D eigenvalue weighted by atomic mass is 9.47. The van der Waals surface area contributed by atoms with E-state index in [1.165, 1.54) is 45.1 Å². The molecule has 4 rings (SSSR count). The quantitative estimate of drug-likeness (QED) is 0.462. The van der Waals surface area contributed by atoms with E-state index in [4.69, 9.17) is 9.47 Å². The molecular weight excluding hydrogens is 364 g/mol. The summed E-state index contributed by atoms with van der Waals surface area (Å²) < 4.78 is 11.5. The van der Waals surface area contributed by atoms with Crippen LogP contribution in [0.15, 0.2) is 23.3 Å². The molecular formula is C25H36O4. The number of allylic oxidation sites excluding steroid dienone is 3. The monoisotopic (exact) mass is 400 g/mol. The van der Waals surface area contributed by atoms with Gasteiger partial charge < -0.3 is 9.47 Å². The summed E-state index contributed by atoms with van der Waals surface area (Å²) in [4.78, 5) is 23.5. The zero-order chi connectivity index (χ0) is 21.0. The molecule has 4 nitrogen and oxygen atoms in total. The summed E-state index contributed by atoms with van der Waals surface area (Å²) >= 11 is 0. The molecule has 0 amide bonds. The van der Waals surface area contributed by atoms with Crippen molar-refractivity contribution in [2.24, 2.45) is 28.6 Å². The summed E-state index contributed by atoms with van der Waals surface area (Å²) in [7, 11) is 0. The van der Waals surface area contributed by atoms with E-state index >= 15 is 0 Å². The number of fused-ring (bicyclic) bond motifs is 5. The van der Waals surface area contributed by atoms with Crippen LogP contribution in [-0.2, 0) is 19.1 Å². The zero-order valence-corrected chi connectivity index (χ0v) is 18.6. The van der Waals surface area contributed by atoms with Crippen LogP contribution in [0.25, 0.3) is 0 Å². The SMILES string of the molecule is C/C=C1\CC[C@H]2[C@@H]3CC=C4C[C@@H](OC(C)=O)C[C@H](OC(C)=O)[C@]4(C)[C@H]3CC[C@]12C. The van der Waals surface area contributed by atoms with E-state index in [9.17, 15) is 9.59 Å². The van der Waals surface area contributed by atoms with Gasteiger partial charge in [0.2, 0.25) is 0 Å². The lowest BCUT2D eigenvalue weighted by molar-refractivity contribution is -0.170. The second-order valence-electron chi connectivity index (χ2n) is 10.2. The minimum Gasteiger partial charge on any atom is -0.462 e. The molecule has 29 heavy (non-hydrogen) atoms. The summed E-state index contributed by atoms with van der Waals surface area (Å²) in [6.07, 6.45) is 11.8. The Morgan fingerprint density at radius 2 is 1.83 bits per heavy atom. The Bertz CT molecular complexity index is 765. The number of esters is 2. The molecule has 3 saturated carbocycles. The van der Waals surface area contributed by atoms with Crippen LogP contribution in [0.1, 0.15) is 79.6 Å². The summed E-state index contributed by atoms with van der Waals surface area (Å²) in [5.74, 6) is 1.39. The van der Waals surface area contributed by atoms with Crippen LogP contribution in [0, 0.1) is 28.6 Å². The van der Waals surface area contributed by atoms with Crippen LogP contribution >= 0.6 is 0 Å². The number of rotatable bonds is 2. The minimum absolute atomic E-state index is 0.148. The van der Waals surface area contributed by atoms with Crippen LogP contribution in [0.4, 0.5) is 0 Å². The molecule has 4 heteroatoms. The maximum Gasteiger partial charge on any atom is 0.302 e. The molecule has 4 aliphatic carbocycles. The summed E-state index contributed by atoms with van der Waals surface area (Å²) in [6.45, 7) is 9.96. The van der Waals surface area contributed by atoms with Crippen molar-refractivity contribution >= 4 is 11.9 Å². The van der Waals surface area contributed by atoms with Crippen LogP contribution < -0.4 is 0 Å². The fourth-order valence-electron chi connectivity index (χ4n) is 7.68. The van der Waals surface area contributed by atoms with Crippen molar-refractivity contribution in [2.75, 3.05) is 0 Å². The summed E-state index contributed by atoms with van der Waals surface area (Å²) in [6, 6.07) is 0. The predicted octanol–water partition coefficient (Wildman–Crippen LogP) is 5.37. The standard InChI is InChI=1S/C25H36O4/c1-6-17-8-10-21-20-9-7-18-13-19(28-15(2)26)14-23(29-16(3)27)25(18,5)22(20)11-12-24(17,21)4/h6-7,19-23H,8-14H2,1-5H3/b17-6+/t19-,20+,21+,22+,23+,24-,25+/m1/s1. The van der Waals surface area contributed by atoms with E-state index < -0.39 is 0 Å². The van der Waals surface area contributed by atoms with Gasteiger partial charge in [-0.3, -0.25) is 9.59 Å². The van der Waals surface area contributed by atoms with Crippen LogP contribution in [0.2, 0.25) is 0 Å². The maximum absolute atomic E-state index is 12.0.